The Morgan fingerprint density at radius 2 is 1.52 bits per heavy atom. The number of hydrogen-bond donors (Lipinski definition) is 5. The number of nitrogens with zero attached hydrogens (tertiary/aromatic N) is 3. The minimum Gasteiger partial charge on any atom is -0.494 e. The van der Waals surface area contributed by atoms with Crippen molar-refractivity contribution in [2.24, 2.45) is 10.7 Å². The van der Waals surface area contributed by atoms with Crippen LogP contribution >= 0.6 is 0 Å². The van der Waals surface area contributed by atoms with E-state index < -0.39 is 23.2 Å². The zero-order valence-corrected chi connectivity index (χ0v) is 38.8. The van der Waals surface area contributed by atoms with Gasteiger partial charge in [0.25, 0.3) is 5.91 Å². The second-order valence-corrected chi connectivity index (χ2v) is 17.5. The number of carboxylic acids is 1. The minimum absolute atomic E-state index is 0.0133. The van der Waals surface area contributed by atoms with Crippen LogP contribution in [0.1, 0.15) is 119 Å². The molecule has 360 valence electrons. The van der Waals surface area contributed by atoms with Crippen LogP contribution in [0, 0.1) is 5.41 Å². The molecule has 0 unspecified atom stereocenters. The van der Waals surface area contributed by atoms with Crippen LogP contribution in [-0.4, -0.2) is 122 Å². The van der Waals surface area contributed by atoms with E-state index in [1.54, 1.807) is 47.6 Å². The molecule has 17 nitrogen and oxygen atoms in total. The van der Waals surface area contributed by atoms with Gasteiger partial charge in [-0.1, -0.05) is 18.9 Å². The van der Waals surface area contributed by atoms with Crippen LogP contribution < -0.4 is 25.8 Å². The number of likely N-dealkylation sites (tertiary alicyclic amines) is 1. The fourth-order valence-corrected chi connectivity index (χ4v) is 7.56. The molecule has 1 atom stereocenters. The van der Waals surface area contributed by atoms with E-state index in [9.17, 15) is 14.4 Å². The molecule has 0 spiro atoms. The number of benzene rings is 2. The number of fused-ring (bicyclic) bond motifs is 1. The standard InChI is InChI=1S/C49H69N7O10/c1-48(2,3)66-47(60)56-24-20-49(21-25-56,46(51)54-44(50)36-17-22-52-23-18-36)55-38-13-11-12-37(34-38)45(59)53-41-19-29-65-42-16-15-39(35-40(41)42)64-28-10-5-4-8-26-61-30-32-63-33-31-62-27-9-6-7-14-43(57)58/h11-13,15-18,22-23,34-35,41,55H,4-10,14,19-21,24-33H2,1-3H3,(H,53,59)(H,57,58)(H3,50,51,54)/t41-/m0/s1. The van der Waals surface area contributed by atoms with Gasteiger partial charge < -0.3 is 54.8 Å². The zero-order chi connectivity index (χ0) is 47.2. The van der Waals surface area contributed by atoms with Crippen molar-refractivity contribution in [1.82, 2.24) is 15.2 Å². The normalized spacial score (nSPS) is 15.8. The molecule has 3 aromatic rings. The number of nitrogens with one attached hydrogen (secondary N) is 3. The van der Waals surface area contributed by atoms with Crippen molar-refractivity contribution in [3.05, 3.63) is 83.7 Å². The summed E-state index contributed by atoms with van der Waals surface area (Å²) in [4.78, 5) is 47.6. The third-order valence-electron chi connectivity index (χ3n) is 11.2. The third-order valence-corrected chi connectivity index (χ3v) is 11.2. The monoisotopic (exact) mass is 916 g/mol. The SMILES string of the molecule is CC(C)(C)OC(=O)N1CCC(Nc2cccc(C(=O)N[C@H]3CCOc4ccc(OCCCCCCOCCOCCOCCCCCC(=O)O)cc43)c2)(C(N)=NC(=N)c2ccncc2)CC1. The number of pyridine rings is 1. The van der Waals surface area contributed by atoms with Gasteiger partial charge in [-0.05, 0) is 114 Å². The number of nitrogens with two attached hydrogens (primary N) is 1. The van der Waals surface area contributed by atoms with Crippen molar-refractivity contribution in [1.29, 1.82) is 5.41 Å². The number of anilines is 1. The van der Waals surface area contributed by atoms with Gasteiger partial charge in [0.1, 0.15) is 22.9 Å². The van der Waals surface area contributed by atoms with Gasteiger partial charge >= 0.3 is 12.1 Å². The summed E-state index contributed by atoms with van der Waals surface area (Å²) in [6.45, 7) is 10.6. The molecule has 5 rings (SSSR count). The zero-order valence-electron chi connectivity index (χ0n) is 38.8. The maximum absolute atomic E-state index is 13.9. The van der Waals surface area contributed by atoms with E-state index in [4.69, 9.17) is 44.7 Å². The van der Waals surface area contributed by atoms with E-state index >= 15 is 0 Å². The number of piperidine rings is 1. The van der Waals surface area contributed by atoms with Crippen LogP contribution in [0.5, 0.6) is 11.5 Å². The number of aliphatic imine (C=N–C) groups is 1. The molecule has 0 bridgehead atoms. The Bertz CT molecular complexity index is 2040. The lowest BCUT2D eigenvalue weighted by Gasteiger charge is -2.42. The first-order chi connectivity index (χ1) is 31.8. The van der Waals surface area contributed by atoms with Crippen molar-refractivity contribution >= 4 is 35.3 Å². The number of rotatable bonds is 26. The predicted octanol–water partition coefficient (Wildman–Crippen LogP) is 7.53. The van der Waals surface area contributed by atoms with Crippen LogP contribution in [0.4, 0.5) is 10.5 Å². The average molecular weight is 916 g/mol. The number of carbonyl (C=O) groups is 3. The third kappa shape index (κ3) is 17.2. The number of unbranched alkanes of at least 4 members (excludes halogenated alkanes) is 5. The van der Waals surface area contributed by atoms with Gasteiger partial charge in [-0.2, -0.15) is 0 Å². The highest BCUT2D eigenvalue weighted by Crippen LogP contribution is 2.36. The highest BCUT2D eigenvalue weighted by atomic mass is 16.6. The number of amidine groups is 2. The Morgan fingerprint density at radius 1 is 0.864 bits per heavy atom. The second-order valence-electron chi connectivity index (χ2n) is 17.5. The van der Waals surface area contributed by atoms with Gasteiger partial charge in [-0.25, -0.2) is 9.79 Å². The molecule has 2 aliphatic heterocycles. The summed E-state index contributed by atoms with van der Waals surface area (Å²) in [6.07, 6.45) is 10.6. The first-order valence-electron chi connectivity index (χ1n) is 23.2. The molecule has 1 aromatic heterocycles. The number of aromatic nitrogens is 1. The van der Waals surface area contributed by atoms with Crippen molar-refractivity contribution in [2.75, 3.05) is 71.3 Å². The molecule has 2 aliphatic rings. The van der Waals surface area contributed by atoms with Gasteiger partial charge in [-0.15, -0.1) is 0 Å². The van der Waals surface area contributed by atoms with Crippen molar-refractivity contribution in [3.63, 3.8) is 0 Å². The quantitative estimate of drug-likeness (QED) is 0.0298. The van der Waals surface area contributed by atoms with Crippen LogP contribution in [0.2, 0.25) is 0 Å². The first-order valence-corrected chi connectivity index (χ1v) is 23.2. The molecule has 6 N–H and O–H groups in total. The van der Waals surface area contributed by atoms with Gasteiger partial charge in [0.15, 0.2) is 5.84 Å². The van der Waals surface area contributed by atoms with Crippen LogP contribution in [0.25, 0.3) is 0 Å². The molecule has 0 radical (unpaired) electrons. The second kappa shape index (κ2) is 26.4. The van der Waals surface area contributed by atoms with E-state index in [0.29, 0.717) is 120 Å². The van der Waals surface area contributed by atoms with Crippen LogP contribution in [0.3, 0.4) is 0 Å². The predicted molar refractivity (Wildman–Crippen MR) is 252 cm³/mol. The molecule has 2 amide bonds. The molecule has 0 aliphatic carbocycles. The van der Waals surface area contributed by atoms with Crippen molar-refractivity contribution in [2.45, 2.75) is 109 Å². The summed E-state index contributed by atoms with van der Waals surface area (Å²) >= 11 is 0. The van der Waals surface area contributed by atoms with E-state index in [1.165, 1.54) is 0 Å². The Balaban J connectivity index is 1.07. The molecule has 66 heavy (non-hydrogen) atoms. The number of aliphatic carboxylic acids is 1. The summed E-state index contributed by atoms with van der Waals surface area (Å²) in [6, 6.07) is 16.0. The smallest absolute Gasteiger partial charge is 0.410 e. The Labute approximate surface area is 388 Å². The summed E-state index contributed by atoms with van der Waals surface area (Å²) in [5, 5.41) is 24.1. The van der Waals surface area contributed by atoms with Crippen molar-refractivity contribution < 1.29 is 47.9 Å². The molecule has 17 heteroatoms. The van der Waals surface area contributed by atoms with Gasteiger partial charge in [0, 0.05) is 73.9 Å². The van der Waals surface area contributed by atoms with E-state index in [0.717, 1.165) is 44.1 Å². The lowest BCUT2D eigenvalue weighted by Crippen LogP contribution is -2.58. The highest BCUT2D eigenvalue weighted by molar-refractivity contribution is 6.07. The van der Waals surface area contributed by atoms with Crippen molar-refractivity contribution in [3.8, 4) is 11.5 Å². The molecule has 2 aromatic carbocycles. The van der Waals surface area contributed by atoms with Gasteiger partial charge in [-0.3, -0.25) is 20.0 Å². The van der Waals surface area contributed by atoms with E-state index in [2.05, 4.69) is 20.6 Å². The molecule has 3 heterocycles. The van der Waals surface area contributed by atoms with Crippen LogP contribution in [0.15, 0.2) is 72.0 Å². The summed E-state index contributed by atoms with van der Waals surface area (Å²) in [5.41, 5.74) is 7.69. The molecular weight excluding hydrogens is 847 g/mol. The Hall–Kier alpha value is -5.78. The maximum atomic E-state index is 13.9. The average Bonchev–Trinajstić information content (AvgIpc) is 3.29. The van der Waals surface area contributed by atoms with Gasteiger partial charge in [0.05, 0.1) is 51.2 Å². The highest BCUT2D eigenvalue weighted by Gasteiger charge is 2.41. The topological polar surface area (TPSA) is 229 Å². The summed E-state index contributed by atoms with van der Waals surface area (Å²) in [7, 11) is 0. The van der Waals surface area contributed by atoms with Gasteiger partial charge in [0.2, 0.25) is 0 Å². The number of ether oxygens (including phenoxy) is 6. The molecule has 1 fully saturated rings. The Morgan fingerprint density at radius 3 is 2.18 bits per heavy atom. The summed E-state index contributed by atoms with van der Waals surface area (Å²) < 4.78 is 34.5. The number of hydrogen-bond acceptors (Lipinski definition) is 12. The Kier molecular flexibility index (Phi) is 20.5. The minimum atomic E-state index is -0.931. The van der Waals surface area contributed by atoms with Crippen LogP contribution in [-0.2, 0) is 23.7 Å². The first kappa shape index (κ1) is 51.2. The largest absolute Gasteiger partial charge is 0.494 e. The lowest BCUT2D eigenvalue weighted by molar-refractivity contribution is -0.137. The van der Waals surface area contributed by atoms with E-state index in [-0.39, 0.29) is 30.0 Å². The number of carboxylic acid groups (broad SMARTS) is 1. The number of amides is 2. The molecular formula is C49H69N7O10. The maximum Gasteiger partial charge on any atom is 0.410 e. The van der Waals surface area contributed by atoms with E-state index in [1.807, 2.05) is 45.0 Å². The fourth-order valence-electron chi connectivity index (χ4n) is 7.56. The molecule has 0 saturated carbocycles. The molecule has 1 saturated heterocycles. The lowest BCUT2D eigenvalue weighted by atomic mass is 9.85. The summed E-state index contributed by atoms with van der Waals surface area (Å²) in [5.74, 6) is 0.602. The number of carbonyl (C=O) groups excluding carboxylic acids is 2. The fraction of sp³-hybridized carbons (Fsp3) is 0.551.